The quantitative estimate of drug-likeness (QED) is 0.0345. The minimum Gasteiger partial charge on any atom is -0.462 e. The molecule has 0 aromatic carbocycles. The van der Waals surface area contributed by atoms with Crippen molar-refractivity contribution in [3.63, 3.8) is 0 Å². The zero-order valence-electron chi connectivity index (χ0n) is 40.4. The van der Waals surface area contributed by atoms with Crippen LogP contribution in [0.1, 0.15) is 291 Å². The lowest BCUT2D eigenvalue weighted by Gasteiger charge is -2.18. The van der Waals surface area contributed by atoms with Crippen LogP contribution in [0.25, 0.3) is 0 Å². The summed E-state index contributed by atoms with van der Waals surface area (Å²) in [4.78, 5) is 37.9. The number of ether oxygens (including phenoxy) is 3. The number of carbonyl (C=O) groups excluding carboxylic acids is 3. The van der Waals surface area contributed by atoms with Crippen LogP contribution >= 0.6 is 0 Å². The maximum Gasteiger partial charge on any atom is 0.306 e. The second-order valence-corrected chi connectivity index (χ2v) is 18.9. The second-order valence-electron chi connectivity index (χ2n) is 18.9. The van der Waals surface area contributed by atoms with E-state index in [2.05, 4.69) is 34.6 Å². The summed E-state index contributed by atoms with van der Waals surface area (Å²) in [6, 6.07) is 0. The van der Waals surface area contributed by atoms with Crippen molar-refractivity contribution in [2.45, 2.75) is 298 Å². The van der Waals surface area contributed by atoms with E-state index in [1.54, 1.807) is 0 Å². The zero-order chi connectivity index (χ0) is 43.3. The average Bonchev–Trinajstić information content (AvgIpc) is 3.22. The van der Waals surface area contributed by atoms with Crippen molar-refractivity contribution >= 4 is 17.9 Å². The Labute approximate surface area is 368 Å². The summed E-state index contributed by atoms with van der Waals surface area (Å²) in [5, 5.41) is 0. The summed E-state index contributed by atoms with van der Waals surface area (Å²) < 4.78 is 16.8. The first kappa shape index (κ1) is 57.4. The Morgan fingerprint density at radius 3 is 0.966 bits per heavy atom. The fourth-order valence-corrected chi connectivity index (χ4v) is 7.96. The van der Waals surface area contributed by atoms with Crippen LogP contribution in [-0.2, 0) is 28.6 Å². The van der Waals surface area contributed by atoms with Gasteiger partial charge in [0.2, 0.25) is 0 Å². The summed E-state index contributed by atoms with van der Waals surface area (Å²) in [6.45, 7) is 11.4. The van der Waals surface area contributed by atoms with Gasteiger partial charge in [-0.05, 0) is 31.1 Å². The molecule has 0 saturated carbocycles. The third-order valence-electron chi connectivity index (χ3n) is 12.3. The van der Waals surface area contributed by atoms with Crippen LogP contribution in [0, 0.1) is 11.8 Å². The lowest BCUT2D eigenvalue weighted by atomic mass is 9.99. The first-order chi connectivity index (χ1) is 28.8. The first-order valence-electron chi connectivity index (χ1n) is 26.3. The van der Waals surface area contributed by atoms with E-state index in [-0.39, 0.29) is 31.1 Å². The van der Waals surface area contributed by atoms with Crippen molar-refractivity contribution in [1.82, 2.24) is 0 Å². The Bertz CT molecular complexity index is 902. The molecule has 0 aliphatic rings. The first-order valence-corrected chi connectivity index (χ1v) is 26.3. The Morgan fingerprint density at radius 2 is 0.644 bits per heavy atom. The lowest BCUT2D eigenvalue weighted by molar-refractivity contribution is -0.167. The highest BCUT2D eigenvalue weighted by molar-refractivity contribution is 5.71. The van der Waals surface area contributed by atoms with Gasteiger partial charge < -0.3 is 14.2 Å². The Hall–Kier alpha value is -1.59. The predicted molar refractivity (Wildman–Crippen MR) is 252 cm³/mol. The smallest absolute Gasteiger partial charge is 0.306 e. The topological polar surface area (TPSA) is 78.9 Å². The molecule has 0 spiro atoms. The Balaban J connectivity index is 4.25. The van der Waals surface area contributed by atoms with Crippen molar-refractivity contribution in [1.29, 1.82) is 0 Å². The molecule has 0 fully saturated rings. The van der Waals surface area contributed by atoms with Crippen LogP contribution in [0.2, 0.25) is 0 Å². The molecule has 2 atom stereocenters. The zero-order valence-corrected chi connectivity index (χ0v) is 40.4. The highest BCUT2D eigenvalue weighted by atomic mass is 16.6. The van der Waals surface area contributed by atoms with E-state index in [9.17, 15) is 14.4 Å². The molecule has 0 amide bonds. The van der Waals surface area contributed by atoms with E-state index in [0.717, 1.165) is 69.6 Å². The normalized spacial score (nSPS) is 12.5. The molecule has 0 saturated heterocycles. The molecule has 350 valence electrons. The van der Waals surface area contributed by atoms with Gasteiger partial charge in [0.25, 0.3) is 0 Å². The van der Waals surface area contributed by atoms with Crippen LogP contribution in [0.15, 0.2) is 0 Å². The molecule has 0 radical (unpaired) electrons. The van der Waals surface area contributed by atoms with Crippen LogP contribution < -0.4 is 0 Å². The fourth-order valence-electron chi connectivity index (χ4n) is 7.96. The summed E-state index contributed by atoms with van der Waals surface area (Å²) in [5.41, 5.74) is 0. The molecule has 59 heavy (non-hydrogen) atoms. The monoisotopic (exact) mass is 835 g/mol. The summed E-state index contributed by atoms with van der Waals surface area (Å²) in [5.74, 6) is 0.807. The van der Waals surface area contributed by atoms with E-state index < -0.39 is 6.10 Å². The summed E-state index contributed by atoms with van der Waals surface area (Å²) in [6.07, 6.45) is 46.7. The highest BCUT2D eigenvalue weighted by Crippen LogP contribution is 2.18. The number of rotatable bonds is 47. The van der Waals surface area contributed by atoms with Gasteiger partial charge in [0.15, 0.2) is 6.10 Å². The van der Waals surface area contributed by atoms with E-state index in [1.165, 1.54) is 180 Å². The molecule has 0 rings (SSSR count). The standard InChI is InChI=1S/C53H102O6/c1-6-8-9-10-11-12-13-14-18-22-25-28-35-40-45-53(56)59-50(47-58-52(55)44-39-34-30-29-31-36-41-48(3)4)46-57-51(54)43-38-33-27-24-21-19-16-15-17-20-23-26-32-37-42-49(5)7-2/h48-50H,6-47H2,1-5H3/t49?,50-/m1/s1. The van der Waals surface area contributed by atoms with Gasteiger partial charge in [0.1, 0.15) is 13.2 Å². The van der Waals surface area contributed by atoms with E-state index in [4.69, 9.17) is 14.2 Å². The van der Waals surface area contributed by atoms with Gasteiger partial charge in [0, 0.05) is 19.3 Å². The molecular formula is C53H102O6. The third kappa shape index (κ3) is 45.8. The molecule has 0 aliphatic heterocycles. The molecule has 0 bridgehead atoms. The molecule has 0 aliphatic carbocycles. The van der Waals surface area contributed by atoms with E-state index >= 15 is 0 Å². The van der Waals surface area contributed by atoms with Crippen molar-refractivity contribution in [3.8, 4) is 0 Å². The highest BCUT2D eigenvalue weighted by Gasteiger charge is 2.19. The maximum atomic E-state index is 12.8. The van der Waals surface area contributed by atoms with Crippen molar-refractivity contribution in [3.05, 3.63) is 0 Å². The molecule has 6 nitrogen and oxygen atoms in total. The Kier molecular flexibility index (Phi) is 44.7. The van der Waals surface area contributed by atoms with Crippen LogP contribution in [-0.4, -0.2) is 37.2 Å². The molecular weight excluding hydrogens is 733 g/mol. The van der Waals surface area contributed by atoms with Crippen LogP contribution in [0.3, 0.4) is 0 Å². The van der Waals surface area contributed by atoms with Crippen molar-refractivity contribution in [2.75, 3.05) is 13.2 Å². The SMILES string of the molecule is CCCCCCCCCCCCCCCCC(=O)O[C@H](COC(=O)CCCCCCCCCCCCCCCCC(C)CC)COC(=O)CCCCCCCCC(C)C. The van der Waals surface area contributed by atoms with E-state index in [1.807, 2.05) is 0 Å². The van der Waals surface area contributed by atoms with Gasteiger partial charge in [-0.1, -0.05) is 253 Å². The van der Waals surface area contributed by atoms with Gasteiger partial charge in [-0.3, -0.25) is 14.4 Å². The number of unbranched alkanes of at least 4 members (excludes halogenated alkanes) is 31. The molecule has 0 N–H and O–H groups in total. The molecule has 1 unspecified atom stereocenters. The van der Waals surface area contributed by atoms with Gasteiger partial charge in [-0.2, -0.15) is 0 Å². The van der Waals surface area contributed by atoms with Gasteiger partial charge in [-0.25, -0.2) is 0 Å². The predicted octanol–water partition coefficient (Wildman–Crippen LogP) is 16.9. The summed E-state index contributed by atoms with van der Waals surface area (Å²) in [7, 11) is 0. The fraction of sp³-hybridized carbons (Fsp3) is 0.943. The van der Waals surface area contributed by atoms with Gasteiger partial charge in [0.05, 0.1) is 0 Å². The minimum atomic E-state index is -0.762. The molecule has 0 aromatic rings. The summed E-state index contributed by atoms with van der Waals surface area (Å²) >= 11 is 0. The molecule has 0 aromatic heterocycles. The average molecular weight is 835 g/mol. The number of hydrogen-bond donors (Lipinski definition) is 0. The lowest BCUT2D eigenvalue weighted by Crippen LogP contribution is -2.30. The van der Waals surface area contributed by atoms with E-state index in [0.29, 0.717) is 19.3 Å². The third-order valence-corrected chi connectivity index (χ3v) is 12.3. The largest absolute Gasteiger partial charge is 0.462 e. The van der Waals surface area contributed by atoms with Gasteiger partial charge in [-0.15, -0.1) is 0 Å². The van der Waals surface area contributed by atoms with Gasteiger partial charge >= 0.3 is 17.9 Å². The number of carbonyl (C=O) groups is 3. The van der Waals surface area contributed by atoms with Crippen molar-refractivity contribution in [2.24, 2.45) is 11.8 Å². The second kappa shape index (κ2) is 45.9. The van der Waals surface area contributed by atoms with Crippen molar-refractivity contribution < 1.29 is 28.6 Å². The minimum absolute atomic E-state index is 0.0643. The van der Waals surface area contributed by atoms with Crippen LogP contribution in [0.4, 0.5) is 0 Å². The molecule has 0 heterocycles. The maximum absolute atomic E-state index is 12.8. The molecule has 6 heteroatoms. The number of hydrogen-bond acceptors (Lipinski definition) is 6. The number of esters is 3. The Morgan fingerprint density at radius 1 is 0.356 bits per heavy atom. The van der Waals surface area contributed by atoms with Crippen LogP contribution in [0.5, 0.6) is 0 Å².